The van der Waals surface area contributed by atoms with Crippen LogP contribution >= 0.6 is 0 Å². The van der Waals surface area contributed by atoms with Gasteiger partial charge in [0.15, 0.2) is 0 Å². The maximum atomic E-state index is 11.5. The molecule has 0 aromatic carbocycles. The summed E-state index contributed by atoms with van der Waals surface area (Å²) < 4.78 is 5.81. The van der Waals surface area contributed by atoms with Gasteiger partial charge in [0.25, 0.3) is 0 Å². The van der Waals surface area contributed by atoms with E-state index in [0.717, 1.165) is 32.2 Å². The van der Waals surface area contributed by atoms with Crippen molar-refractivity contribution < 1.29 is 14.6 Å². The van der Waals surface area contributed by atoms with Crippen LogP contribution in [0.5, 0.6) is 0 Å². The fraction of sp³-hybridized carbons (Fsp3) is 0.923. The lowest BCUT2D eigenvalue weighted by atomic mass is 9.88. The lowest BCUT2D eigenvalue weighted by Gasteiger charge is -2.46. The lowest BCUT2D eigenvalue weighted by Crippen LogP contribution is -2.58. The number of ether oxygens (including phenoxy) is 1. The van der Waals surface area contributed by atoms with Gasteiger partial charge in [0.05, 0.1) is 12.7 Å². The Morgan fingerprint density at radius 3 is 2.71 bits per heavy atom. The molecule has 4 heteroatoms. The number of carboxylic acid groups (broad SMARTS) is 1. The summed E-state index contributed by atoms with van der Waals surface area (Å²) in [6.45, 7) is 1.51. The van der Waals surface area contributed by atoms with Crippen LogP contribution in [-0.4, -0.2) is 47.3 Å². The van der Waals surface area contributed by atoms with E-state index in [9.17, 15) is 9.90 Å². The Kier molecular flexibility index (Phi) is 3.09. The molecule has 2 aliphatic carbocycles. The standard InChI is InChI=1S/C13H21NO3/c15-13(16)12(9-5-6-9)14-7-8-17-11-4-2-1-3-10(11)14/h9-12H,1-8H2,(H,15,16). The SMILES string of the molecule is O=C(O)C(C1CC1)N1CCOC2CCCCC21. The van der Waals surface area contributed by atoms with Gasteiger partial charge >= 0.3 is 5.97 Å². The maximum absolute atomic E-state index is 11.5. The Balaban J connectivity index is 1.76. The summed E-state index contributed by atoms with van der Waals surface area (Å²) in [6, 6.07) is 0.115. The molecule has 0 spiro atoms. The molecule has 0 aromatic rings. The predicted octanol–water partition coefficient (Wildman–Crippen LogP) is 1.49. The number of hydrogen-bond donors (Lipinski definition) is 1. The van der Waals surface area contributed by atoms with Gasteiger partial charge in [-0.05, 0) is 31.6 Å². The molecular formula is C13H21NO3. The summed E-state index contributed by atoms with van der Waals surface area (Å²) in [5.41, 5.74) is 0. The summed E-state index contributed by atoms with van der Waals surface area (Å²) in [5, 5.41) is 9.44. The second-order valence-electron chi connectivity index (χ2n) is 5.62. The van der Waals surface area contributed by atoms with E-state index in [1.807, 2.05) is 0 Å². The molecule has 0 amide bonds. The number of hydrogen-bond acceptors (Lipinski definition) is 3. The summed E-state index contributed by atoms with van der Waals surface area (Å²) >= 11 is 0. The molecule has 0 radical (unpaired) electrons. The Morgan fingerprint density at radius 1 is 1.24 bits per heavy atom. The van der Waals surface area contributed by atoms with Gasteiger partial charge in [0.2, 0.25) is 0 Å². The lowest BCUT2D eigenvalue weighted by molar-refractivity contribution is -0.155. The van der Waals surface area contributed by atoms with Gasteiger partial charge in [-0.25, -0.2) is 0 Å². The van der Waals surface area contributed by atoms with Crippen molar-refractivity contribution in [2.45, 2.75) is 56.7 Å². The van der Waals surface area contributed by atoms with Crippen molar-refractivity contribution in [3.8, 4) is 0 Å². The largest absolute Gasteiger partial charge is 0.480 e. The van der Waals surface area contributed by atoms with Crippen LogP contribution in [0.1, 0.15) is 38.5 Å². The molecule has 1 aliphatic heterocycles. The average Bonchev–Trinajstić information content (AvgIpc) is 3.14. The van der Waals surface area contributed by atoms with E-state index < -0.39 is 5.97 Å². The highest BCUT2D eigenvalue weighted by atomic mass is 16.5. The normalized spacial score (nSPS) is 36.2. The molecule has 3 atom stereocenters. The molecule has 4 nitrogen and oxygen atoms in total. The fourth-order valence-electron chi connectivity index (χ4n) is 3.50. The van der Waals surface area contributed by atoms with Crippen molar-refractivity contribution in [2.24, 2.45) is 5.92 Å². The number of carbonyl (C=O) groups is 1. The number of rotatable bonds is 3. The highest BCUT2D eigenvalue weighted by Gasteiger charge is 2.46. The highest BCUT2D eigenvalue weighted by Crippen LogP contribution is 2.39. The third-order valence-corrected chi connectivity index (χ3v) is 4.45. The van der Waals surface area contributed by atoms with Crippen LogP contribution in [0.3, 0.4) is 0 Å². The number of aliphatic carboxylic acids is 1. The van der Waals surface area contributed by atoms with Gasteiger partial charge in [0.1, 0.15) is 6.04 Å². The van der Waals surface area contributed by atoms with Crippen LogP contribution in [0, 0.1) is 5.92 Å². The molecule has 3 unspecified atom stereocenters. The van der Waals surface area contributed by atoms with Gasteiger partial charge < -0.3 is 9.84 Å². The van der Waals surface area contributed by atoms with Gasteiger partial charge in [-0.15, -0.1) is 0 Å². The van der Waals surface area contributed by atoms with E-state index in [-0.39, 0.29) is 12.1 Å². The van der Waals surface area contributed by atoms with Crippen molar-refractivity contribution >= 4 is 5.97 Å². The van der Waals surface area contributed by atoms with E-state index in [4.69, 9.17) is 4.74 Å². The molecule has 0 aromatic heterocycles. The summed E-state index contributed by atoms with van der Waals surface area (Å²) in [7, 11) is 0. The van der Waals surface area contributed by atoms with Crippen LogP contribution < -0.4 is 0 Å². The Morgan fingerprint density at radius 2 is 2.00 bits per heavy atom. The van der Waals surface area contributed by atoms with Gasteiger partial charge in [0, 0.05) is 12.6 Å². The number of morpholine rings is 1. The first-order chi connectivity index (χ1) is 8.27. The number of nitrogens with zero attached hydrogens (tertiary/aromatic N) is 1. The van der Waals surface area contributed by atoms with Crippen molar-refractivity contribution in [2.75, 3.05) is 13.2 Å². The van der Waals surface area contributed by atoms with E-state index in [1.54, 1.807) is 0 Å². The van der Waals surface area contributed by atoms with Crippen LogP contribution in [0.2, 0.25) is 0 Å². The van der Waals surface area contributed by atoms with E-state index in [2.05, 4.69) is 4.90 Å². The minimum Gasteiger partial charge on any atom is -0.480 e. The monoisotopic (exact) mass is 239 g/mol. The number of carboxylic acids is 1. The van der Waals surface area contributed by atoms with E-state index >= 15 is 0 Å². The molecule has 3 aliphatic rings. The van der Waals surface area contributed by atoms with Gasteiger partial charge in [-0.1, -0.05) is 12.8 Å². The maximum Gasteiger partial charge on any atom is 0.321 e. The third-order valence-electron chi connectivity index (χ3n) is 4.45. The molecule has 3 fully saturated rings. The van der Waals surface area contributed by atoms with Crippen molar-refractivity contribution in [3.05, 3.63) is 0 Å². The van der Waals surface area contributed by atoms with Gasteiger partial charge in [-0.3, -0.25) is 9.69 Å². The zero-order valence-electron chi connectivity index (χ0n) is 10.2. The topological polar surface area (TPSA) is 49.8 Å². The smallest absolute Gasteiger partial charge is 0.321 e. The van der Waals surface area contributed by atoms with Crippen molar-refractivity contribution in [1.29, 1.82) is 0 Å². The second-order valence-corrected chi connectivity index (χ2v) is 5.62. The first-order valence-corrected chi connectivity index (χ1v) is 6.87. The first kappa shape index (κ1) is 11.5. The summed E-state index contributed by atoms with van der Waals surface area (Å²) in [6.07, 6.45) is 7.14. The zero-order chi connectivity index (χ0) is 11.8. The molecule has 2 saturated carbocycles. The minimum atomic E-state index is -0.626. The fourth-order valence-corrected chi connectivity index (χ4v) is 3.50. The van der Waals surface area contributed by atoms with Crippen LogP contribution in [0.15, 0.2) is 0 Å². The molecule has 1 saturated heterocycles. The Bertz CT molecular complexity index is 301. The van der Waals surface area contributed by atoms with Crippen LogP contribution in [-0.2, 0) is 9.53 Å². The van der Waals surface area contributed by atoms with E-state index in [0.29, 0.717) is 18.6 Å². The Hall–Kier alpha value is -0.610. The highest BCUT2D eigenvalue weighted by molar-refractivity contribution is 5.74. The summed E-state index contributed by atoms with van der Waals surface area (Å²) in [5.74, 6) is -0.230. The zero-order valence-corrected chi connectivity index (χ0v) is 10.2. The van der Waals surface area contributed by atoms with Crippen molar-refractivity contribution in [3.63, 3.8) is 0 Å². The molecule has 1 N–H and O–H groups in total. The van der Waals surface area contributed by atoms with Crippen molar-refractivity contribution in [1.82, 2.24) is 4.90 Å². The molecule has 3 rings (SSSR count). The molecule has 96 valence electrons. The average molecular weight is 239 g/mol. The number of fused-ring (bicyclic) bond motifs is 1. The minimum absolute atomic E-state index is 0.246. The van der Waals surface area contributed by atoms with Crippen LogP contribution in [0.4, 0.5) is 0 Å². The predicted molar refractivity (Wildman–Crippen MR) is 62.8 cm³/mol. The first-order valence-electron chi connectivity index (χ1n) is 6.87. The van der Waals surface area contributed by atoms with Crippen LogP contribution in [0.25, 0.3) is 0 Å². The second kappa shape index (κ2) is 4.58. The van der Waals surface area contributed by atoms with E-state index in [1.165, 1.54) is 12.8 Å². The summed E-state index contributed by atoms with van der Waals surface area (Å²) in [4.78, 5) is 13.7. The van der Waals surface area contributed by atoms with Gasteiger partial charge in [-0.2, -0.15) is 0 Å². The molecule has 17 heavy (non-hydrogen) atoms. The quantitative estimate of drug-likeness (QED) is 0.810. The molecule has 0 bridgehead atoms. The molecular weight excluding hydrogens is 218 g/mol. The molecule has 1 heterocycles. The third kappa shape index (κ3) is 2.20. The Labute approximate surface area is 102 Å².